The highest BCUT2D eigenvalue weighted by Crippen LogP contribution is 2.18. The lowest BCUT2D eigenvalue weighted by Crippen LogP contribution is -2.47. The highest BCUT2D eigenvalue weighted by molar-refractivity contribution is 7.98. The van der Waals surface area contributed by atoms with Crippen molar-refractivity contribution in [2.24, 2.45) is 0 Å². The second-order valence-electron chi connectivity index (χ2n) is 2.60. The van der Waals surface area contributed by atoms with Gasteiger partial charge in [-0.05, 0) is 24.9 Å². The van der Waals surface area contributed by atoms with Gasteiger partial charge in [0.2, 0.25) is 0 Å². The third-order valence-electron chi connectivity index (χ3n) is 1.96. The van der Waals surface area contributed by atoms with Crippen LogP contribution in [-0.4, -0.2) is 28.6 Å². The van der Waals surface area contributed by atoms with Crippen LogP contribution in [0.1, 0.15) is 19.8 Å². The van der Waals surface area contributed by atoms with E-state index in [1.165, 1.54) is 0 Å². The molecule has 0 amide bonds. The van der Waals surface area contributed by atoms with Crippen LogP contribution in [0.5, 0.6) is 0 Å². The number of thiol groups is 1. The molecule has 0 radical (unpaired) electrons. The molecule has 0 aromatic carbocycles. The van der Waals surface area contributed by atoms with E-state index in [0.29, 0.717) is 12.8 Å². The van der Waals surface area contributed by atoms with E-state index in [0.717, 1.165) is 5.75 Å². The molecule has 0 aliphatic carbocycles. The summed E-state index contributed by atoms with van der Waals surface area (Å²) in [5.41, 5.74) is -0.855. The Morgan fingerprint density at radius 3 is 2.58 bits per heavy atom. The minimum absolute atomic E-state index is 0.548. The van der Waals surface area contributed by atoms with E-state index in [9.17, 15) is 4.79 Å². The number of nitrogens with one attached hydrogen (secondary N) is 1. The second-order valence-corrected chi connectivity index (χ2v) is 3.80. The van der Waals surface area contributed by atoms with E-state index >= 15 is 0 Å². The molecule has 12 heavy (non-hydrogen) atoms. The minimum Gasteiger partial charge on any atom is -0.480 e. The van der Waals surface area contributed by atoms with Crippen molar-refractivity contribution in [3.05, 3.63) is 0 Å². The first kappa shape index (κ1) is 12.1. The van der Waals surface area contributed by atoms with Crippen molar-refractivity contribution < 1.29 is 9.90 Å². The molecular formula is C7H15NO2S2. The Morgan fingerprint density at radius 1 is 1.75 bits per heavy atom. The van der Waals surface area contributed by atoms with Crippen LogP contribution in [0.25, 0.3) is 0 Å². The van der Waals surface area contributed by atoms with Crippen LogP contribution in [-0.2, 0) is 4.79 Å². The third-order valence-corrected chi connectivity index (χ3v) is 3.00. The third kappa shape index (κ3) is 2.88. The van der Waals surface area contributed by atoms with Crippen LogP contribution in [0.15, 0.2) is 0 Å². The number of aliphatic carboxylic acids is 1. The van der Waals surface area contributed by atoms with Gasteiger partial charge in [0.1, 0.15) is 5.54 Å². The summed E-state index contributed by atoms with van der Waals surface area (Å²) in [6.45, 7) is 1.84. The molecule has 0 spiro atoms. The lowest BCUT2D eigenvalue weighted by Gasteiger charge is -2.26. The highest BCUT2D eigenvalue weighted by Gasteiger charge is 2.34. The van der Waals surface area contributed by atoms with Gasteiger partial charge < -0.3 is 5.11 Å². The molecule has 0 saturated carbocycles. The lowest BCUT2D eigenvalue weighted by molar-refractivity contribution is -0.144. The Kier molecular flexibility index (Phi) is 5.78. The normalized spacial score (nSPS) is 15.6. The van der Waals surface area contributed by atoms with Crippen molar-refractivity contribution in [2.45, 2.75) is 25.3 Å². The number of rotatable bonds is 6. The zero-order valence-electron chi connectivity index (χ0n) is 7.33. The Morgan fingerprint density at radius 2 is 2.33 bits per heavy atom. The number of carboxylic acids is 1. The molecule has 0 aromatic heterocycles. The van der Waals surface area contributed by atoms with E-state index in [1.807, 2.05) is 13.2 Å². The van der Waals surface area contributed by atoms with Gasteiger partial charge in [-0.2, -0.15) is 11.8 Å². The molecule has 0 fully saturated rings. The summed E-state index contributed by atoms with van der Waals surface area (Å²) < 4.78 is 2.58. The summed E-state index contributed by atoms with van der Waals surface area (Å²) in [6, 6.07) is 0. The van der Waals surface area contributed by atoms with Crippen LogP contribution < -0.4 is 4.72 Å². The van der Waals surface area contributed by atoms with E-state index in [4.69, 9.17) is 5.11 Å². The Labute approximate surface area is 82.8 Å². The number of carbonyl (C=O) groups is 1. The van der Waals surface area contributed by atoms with Crippen molar-refractivity contribution >= 4 is 30.5 Å². The van der Waals surface area contributed by atoms with Crippen molar-refractivity contribution in [2.75, 3.05) is 12.0 Å². The Bertz CT molecular complexity index is 148. The average Bonchev–Trinajstić information content (AvgIpc) is 2.07. The summed E-state index contributed by atoms with van der Waals surface area (Å²) in [7, 11) is 0. The first-order valence-corrected chi connectivity index (χ1v) is 5.60. The van der Waals surface area contributed by atoms with Gasteiger partial charge >= 0.3 is 5.97 Å². The predicted molar refractivity (Wildman–Crippen MR) is 55.8 cm³/mol. The van der Waals surface area contributed by atoms with Crippen LogP contribution in [0.2, 0.25) is 0 Å². The van der Waals surface area contributed by atoms with E-state index in [2.05, 4.69) is 17.5 Å². The first-order valence-electron chi connectivity index (χ1n) is 3.76. The maximum absolute atomic E-state index is 10.9. The Balaban J connectivity index is 4.25. The zero-order chi connectivity index (χ0) is 9.61. The fourth-order valence-corrected chi connectivity index (χ4v) is 1.81. The minimum atomic E-state index is -0.855. The predicted octanol–water partition coefficient (Wildman–Crippen LogP) is 1.41. The summed E-state index contributed by atoms with van der Waals surface area (Å²) in [4.78, 5) is 10.9. The highest BCUT2D eigenvalue weighted by atomic mass is 32.2. The van der Waals surface area contributed by atoms with Crippen molar-refractivity contribution in [1.29, 1.82) is 0 Å². The molecule has 3 nitrogen and oxygen atoms in total. The second kappa shape index (κ2) is 5.72. The monoisotopic (exact) mass is 209 g/mol. The van der Waals surface area contributed by atoms with Crippen molar-refractivity contribution in [1.82, 2.24) is 4.72 Å². The summed E-state index contributed by atoms with van der Waals surface area (Å²) in [5, 5.41) is 8.93. The SMILES string of the molecule is CC[C@@](CCSC)(NS)C(=O)O. The van der Waals surface area contributed by atoms with Crippen LogP contribution in [0.3, 0.4) is 0 Å². The van der Waals surface area contributed by atoms with E-state index < -0.39 is 11.5 Å². The molecule has 5 heteroatoms. The van der Waals surface area contributed by atoms with Gasteiger partial charge in [0.15, 0.2) is 0 Å². The van der Waals surface area contributed by atoms with Crippen molar-refractivity contribution in [3.8, 4) is 0 Å². The number of carboxylic acid groups (broad SMARTS) is 1. The molecular weight excluding hydrogens is 194 g/mol. The Hall–Kier alpha value is 0.130. The summed E-state index contributed by atoms with van der Waals surface area (Å²) in [5.74, 6) is 0.00213. The molecule has 0 bridgehead atoms. The van der Waals surface area contributed by atoms with Crippen LogP contribution in [0, 0.1) is 0 Å². The summed E-state index contributed by atoms with van der Waals surface area (Å²) >= 11 is 5.49. The zero-order valence-corrected chi connectivity index (χ0v) is 9.04. The van der Waals surface area contributed by atoms with Gasteiger partial charge in [-0.1, -0.05) is 19.7 Å². The van der Waals surface area contributed by atoms with Gasteiger partial charge in [-0.15, -0.1) is 0 Å². The van der Waals surface area contributed by atoms with Gasteiger partial charge in [-0.25, -0.2) is 4.72 Å². The molecule has 72 valence electrons. The van der Waals surface area contributed by atoms with Crippen LogP contribution >= 0.6 is 24.6 Å². The van der Waals surface area contributed by atoms with Gasteiger partial charge in [0, 0.05) is 0 Å². The van der Waals surface area contributed by atoms with Crippen LogP contribution in [0.4, 0.5) is 0 Å². The average molecular weight is 209 g/mol. The smallest absolute Gasteiger partial charge is 0.324 e. The van der Waals surface area contributed by atoms with Gasteiger partial charge in [0.25, 0.3) is 0 Å². The molecule has 0 aromatic rings. The standard InChI is InChI=1S/C7H15NO2S2/c1-3-7(8-11,6(9)10)4-5-12-2/h8,11H,3-5H2,1-2H3,(H,9,10)/t7-/m0/s1. The fourth-order valence-electron chi connectivity index (χ4n) is 0.894. The molecule has 0 aliphatic heterocycles. The van der Waals surface area contributed by atoms with E-state index in [-0.39, 0.29) is 0 Å². The lowest BCUT2D eigenvalue weighted by atomic mass is 9.95. The van der Waals surface area contributed by atoms with E-state index in [1.54, 1.807) is 11.8 Å². The summed E-state index contributed by atoms with van der Waals surface area (Å²) in [6.07, 6.45) is 3.11. The molecule has 0 heterocycles. The van der Waals surface area contributed by atoms with Crippen molar-refractivity contribution in [3.63, 3.8) is 0 Å². The van der Waals surface area contributed by atoms with Gasteiger partial charge in [0.05, 0.1) is 0 Å². The number of hydrogen-bond acceptors (Lipinski definition) is 4. The number of hydrogen-bond donors (Lipinski definition) is 3. The molecule has 1 atom stereocenters. The molecule has 0 saturated heterocycles. The topological polar surface area (TPSA) is 49.3 Å². The maximum Gasteiger partial charge on any atom is 0.324 e. The maximum atomic E-state index is 10.9. The first-order chi connectivity index (χ1) is 5.63. The number of thioether (sulfide) groups is 1. The molecule has 2 N–H and O–H groups in total. The quantitative estimate of drug-likeness (QED) is 0.579. The molecule has 0 rings (SSSR count). The molecule has 0 unspecified atom stereocenters. The molecule has 0 aliphatic rings. The fraction of sp³-hybridized carbons (Fsp3) is 0.857. The largest absolute Gasteiger partial charge is 0.480 e. The van der Waals surface area contributed by atoms with Gasteiger partial charge in [-0.3, -0.25) is 4.79 Å².